The summed E-state index contributed by atoms with van der Waals surface area (Å²) in [6, 6.07) is 0. The minimum atomic E-state index is 0.419. The number of H-pyrrole nitrogens is 1. The molecular weight excluding hydrogens is 174 g/mol. The molecule has 0 saturated carbocycles. The summed E-state index contributed by atoms with van der Waals surface area (Å²) in [7, 11) is 0. The molecule has 1 spiro atoms. The summed E-state index contributed by atoms with van der Waals surface area (Å²) in [4.78, 5) is 0. The number of rotatable bonds is 0. The van der Waals surface area contributed by atoms with Gasteiger partial charge in [-0.2, -0.15) is 5.10 Å². The first-order valence-corrected chi connectivity index (χ1v) is 5.30. The normalized spacial score (nSPS) is 23.7. The number of nitrogens with zero attached hydrogens (tertiary/aromatic N) is 1. The van der Waals surface area contributed by atoms with E-state index in [9.17, 15) is 0 Å². The number of piperidine rings is 1. The van der Waals surface area contributed by atoms with E-state index in [1.807, 2.05) is 6.20 Å². The third-order valence-corrected chi connectivity index (χ3v) is 3.50. The third kappa shape index (κ3) is 1.20. The van der Waals surface area contributed by atoms with Gasteiger partial charge in [-0.3, -0.25) is 5.10 Å². The lowest BCUT2D eigenvalue weighted by Crippen LogP contribution is -2.37. The average Bonchev–Trinajstić information content (AvgIpc) is 2.66. The lowest BCUT2D eigenvalue weighted by molar-refractivity contribution is 0.269. The van der Waals surface area contributed by atoms with Gasteiger partial charge in [-0.1, -0.05) is 6.08 Å². The van der Waals surface area contributed by atoms with E-state index in [1.165, 1.54) is 24.1 Å². The molecule has 2 N–H and O–H groups in total. The Hall–Kier alpha value is -1.09. The Morgan fingerprint density at radius 2 is 2.14 bits per heavy atom. The van der Waals surface area contributed by atoms with Crippen molar-refractivity contribution in [3.63, 3.8) is 0 Å². The Kier molecular flexibility index (Phi) is 1.74. The van der Waals surface area contributed by atoms with Gasteiger partial charge in [0.05, 0.1) is 11.9 Å². The van der Waals surface area contributed by atoms with Crippen LogP contribution in [0.1, 0.15) is 24.1 Å². The molecule has 14 heavy (non-hydrogen) atoms. The van der Waals surface area contributed by atoms with Gasteiger partial charge in [0, 0.05) is 0 Å². The van der Waals surface area contributed by atoms with Gasteiger partial charge < -0.3 is 5.32 Å². The minimum absolute atomic E-state index is 0.419. The highest BCUT2D eigenvalue weighted by Crippen LogP contribution is 2.38. The van der Waals surface area contributed by atoms with E-state index in [0.717, 1.165) is 19.5 Å². The van der Waals surface area contributed by atoms with Crippen LogP contribution in [0.3, 0.4) is 0 Å². The number of hydrogen-bond acceptors (Lipinski definition) is 2. The Bertz CT molecular complexity index is 358. The molecule has 2 heterocycles. The summed E-state index contributed by atoms with van der Waals surface area (Å²) in [5.41, 5.74) is 3.01. The van der Waals surface area contributed by atoms with E-state index >= 15 is 0 Å². The molecule has 0 atom stereocenters. The fourth-order valence-corrected chi connectivity index (χ4v) is 2.57. The molecule has 1 aliphatic heterocycles. The summed E-state index contributed by atoms with van der Waals surface area (Å²) < 4.78 is 0. The Balaban J connectivity index is 1.92. The summed E-state index contributed by atoms with van der Waals surface area (Å²) in [6.07, 6.45) is 10.2. The SMILES string of the molecule is C1=CC2(CCNCC2)Cc2cn[nH]c21. The molecule has 3 nitrogen and oxygen atoms in total. The maximum atomic E-state index is 4.09. The standard InChI is InChI=1S/C11H15N3/c1-2-11(3-5-12-6-4-11)7-9-8-13-14-10(1)9/h1-2,8,12H,3-7H2,(H,13,14). The zero-order valence-corrected chi connectivity index (χ0v) is 8.21. The van der Waals surface area contributed by atoms with Crippen LogP contribution in [-0.4, -0.2) is 23.3 Å². The van der Waals surface area contributed by atoms with Gasteiger partial charge >= 0.3 is 0 Å². The molecule has 3 rings (SSSR count). The molecule has 1 aromatic heterocycles. The van der Waals surface area contributed by atoms with Crippen LogP contribution in [-0.2, 0) is 6.42 Å². The summed E-state index contributed by atoms with van der Waals surface area (Å²) in [5.74, 6) is 0. The first kappa shape index (κ1) is 8.24. The molecule has 0 radical (unpaired) electrons. The van der Waals surface area contributed by atoms with Crippen molar-refractivity contribution in [2.45, 2.75) is 19.3 Å². The topological polar surface area (TPSA) is 40.7 Å². The van der Waals surface area contributed by atoms with E-state index in [4.69, 9.17) is 0 Å². The average molecular weight is 189 g/mol. The Labute approximate surface area is 83.6 Å². The van der Waals surface area contributed by atoms with Gasteiger partial charge in [0.15, 0.2) is 0 Å². The predicted molar refractivity (Wildman–Crippen MR) is 55.9 cm³/mol. The smallest absolute Gasteiger partial charge is 0.0607 e. The largest absolute Gasteiger partial charge is 0.317 e. The van der Waals surface area contributed by atoms with Crippen molar-refractivity contribution >= 4 is 6.08 Å². The van der Waals surface area contributed by atoms with E-state index in [2.05, 4.69) is 27.7 Å². The quantitative estimate of drug-likeness (QED) is 0.646. The first-order chi connectivity index (χ1) is 6.88. The predicted octanol–water partition coefficient (Wildman–Crippen LogP) is 1.35. The number of nitrogens with one attached hydrogen (secondary N) is 2. The molecule has 0 amide bonds. The fourth-order valence-electron chi connectivity index (χ4n) is 2.57. The van der Waals surface area contributed by atoms with Crippen molar-refractivity contribution in [3.8, 4) is 0 Å². The molecule has 3 heteroatoms. The molecule has 2 aliphatic rings. The number of aromatic amines is 1. The molecule has 1 fully saturated rings. The second-order valence-electron chi connectivity index (χ2n) is 4.43. The van der Waals surface area contributed by atoms with Crippen LogP contribution < -0.4 is 5.32 Å². The molecule has 1 saturated heterocycles. The van der Waals surface area contributed by atoms with Gasteiger partial charge in [0.25, 0.3) is 0 Å². The zero-order valence-electron chi connectivity index (χ0n) is 8.21. The van der Waals surface area contributed by atoms with Crippen LogP contribution in [0.4, 0.5) is 0 Å². The van der Waals surface area contributed by atoms with Crippen LogP contribution >= 0.6 is 0 Å². The van der Waals surface area contributed by atoms with Gasteiger partial charge in [-0.05, 0) is 49.4 Å². The summed E-state index contributed by atoms with van der Waals surface area (Å²) in [6.45, 7) is 2.30. The third-order valence-electron chi connectivity index (χ3n) is 3.50. The van der Waals surface area contributed by atoms with E-state index < -0.39 is 0 Å². The monoisotopic (exact) mass is 189 g/mol. The molecule has 0 bridgehead atoms. The van der Waals surface area contributed by atoms with Crippen LogP contribution in [0, 0.1) is 5.41 Å². The van der Waals surface area contributed by atoms with Gasteiger partial charge in [-0.15, -0.1) is 0 Å². The molecular formula is C11H15N3. The first-order valence-electron chi connectivity index (χ1n) is 5.30. The van der Waals surface area contributed by atoms with E-state index in [-0.39, 0.29) is 0 Å². The number of hydrogen-bond donors (Lipinski definition) is 2. The molecule has 1 aliphatic carbocycles. The van der Waals surface area contributed by atoms with Gasteiger partial charge in [0.1, 0.15) is 0 Å². The Morgan fingerprint density at radius 3 is 3.00 bits per heavy atom. The van der Waals surface area contributed by atoms with Crippen molar-refractivity contribution in [1.29, 1.82) is 0 Å². The van der Waals surface area contributed by atoms with Crippen LogP contribution in [0.25, 0.3) is 6.08 Å². The van der Waals surface area contributed by atoms with Gasteiger partial charge in [-0.25, -0.2) is 0 Å². The summed E-state index contributed by atoms with van der Waals surface area (Å²) >= 11 is 0. The molecule has 0 aromatic carbocycles. The highest BCUT2D eigenvalue weighted by molar-refractivity contribution is 5.53. The zero-order chi connectivity index (χ0) is 9.43. The van der Waals surface area contributed by atoms with Crippen molar-refractivity contribution in [1.82, 2.24) is 15.5 Å². The second-order valence-corrected chi connectivity index (χ2v) is 4.43. The van der Waals surface area contributed by atoms with Crippen LogP contribution in [0.5, 0.6) is 0 Å². The van der Waals surface area contributed by atoms with Crippen molar-refractivity contribution in [2.75, 3.05) is 13.1 Å². The van der Waals surface area contributed by atoms with Crippen LogP contribution in [0.2, 0.25) is 0 Å². The molecule has 0 unspecified atom stereocenters. The van der Waals surface area contributed by atoms with E-state index in [0.29, 0.717) is 5.41 Å². The highest BCUT2D eigenvalue weighted by atomic mass is 15.1. The lowest BCUT2D eigenvalue weighted by atomic mass is 9.72. The molecule has 1 aromatic rings. The van der Waals surface area contributed by atoms with E-state index in [1.54, 1.807) is 0 Å². The lowest BCUT2D eigenvalue weighted by Gasteiger charge is -2.36. The van der Waals surface area contributed by atoms with Crippen molar-refractivity contribution in [3.05, 3.63) is 23.5 Å². The van der Waals surface area contributed by atoms with Crippen molar-refractivity contribution in [2.24, 2.45) is 5.41 Å². The van der Waals surface area contributed by atoms with Crippen LogP contribution in [0.15, 0.2) is 12.3 Å². The maximum absolute atomic E-state index is 4.09. The minimum Gasteiger partial charge on any atom is -0.317 e. The molecule has 74 valence electrons. The number of allylic oxidation sites excluding steroid dienone is 1. The highest BCUT2D eigenvalue weighted by Gasteiger charge is 2.32. The van der Waals surface area contributed by atoms with Gasteiger partial charge in [0.2, 0.25) is 0 Å². The maximum Gasteiger partial charge on any atom is 0.0607 e. The number of fused-ring (bicyclic) bond motifs is 1. The fraction of sp³-hybridized carbons (Fsp3) is 0.545. The number of aromatic nitrogens is 2. The summed E-state index contributed by atoms with van der Waals surface area (Å²) in [5, 5.41) is 10.5. The van der Waals surface area contributed by atoms with Crippen molar-refractivity contribution < 1.29 is 0 Å². The second kappa shape index (κ2) is 2.95. The Morgan fingerprint density at radius 1 is 1.29 bits per heavy atom.